The molecule has 1 aliphatic rings. The highest BCUT2D eigenvalue weighted by molar-refractivity contribution is 5.78. The third-order valence-corrected chi connectivity index (χ3v) is 5.00. The minimum absolute atomic E-state index is 0.0380. The largest absolute Gasteiger partial charge is 0.483 e. The topological polar surface area (TPSA) is 54.5 Å². The molecule has 1 aromatic carbocycles. The summed E-state index contributed by atoms with van der Waals surface area (Å²) in [6.45, 7) is 3.97. The monoisotopic (exact) mass is 407 g/mol. The second kappa shape index (κ2) is 9.26. The van der Waals surface area contributed by atoms with Gasteiger partial charge in [-0.25, -0.2) is 0 Å². The summed E-state index contributed by atoms with van der Waals surface area (Å²) >= 11 is 0. The molecule has 0 saturated carbocycles. The van der Waals surface area contributed by atoms with Gasteiger partial charge in [-0.05, 0) is 36.6 Å². The van der Waals surface area contributed by atoms with E-state index >= 15 is 0 Å². The molecule has 1 aromatic heterocycles. The van der Waals surface area contributed by atoms with E-state index in [0.29, 0.717) is 0 Å². The van der Waals surface area contributed by atoms with Gasteiger partial charge < -0.3 is 10.1 Å². The van der Waals surface area contributed by atoms with Crippen molar-refractivity contribution in [2.45, 2.75) is 32.1 Å². The maximum absolute atomic E-state index is 13.0. The molecule has 0 radical (unpaired) electrons. The van der Waals surface area contributed by atoms with Gasteiger partial charge in [0.05, 0.1) is 11.3 Å². The van der Waals surface area contributed by atoms with E-state index in [4.69, 9.17) is 4.74 Å². The minimum atomic E-state index is -4.53. The number of hydrogen-bond acceptors (Lipinski definition) is 4. The van der Waals surface area contributed by atoms with Crippen molar-refractivity contribution in [2.24, 2.45) is 5.92 Å². The zero-order valence-electron chi connectivity index (χ0n) is 16.2. The number of carbonyl (C=O) groups excluding carboxylic acids is 1. The number of halogens is 3. The molecule has 0 aliphatic carbocycles. The van der Waals surface area contributed by atoms with Gasteiger partial charge in [-0.3, -0.25) is 14.7 Å². The highest BCUT2D eigenvalue weighted by Crippen LogP contribution is 2.35. The lowest BCUT2D eigenvalue weighted by molar-refractivity contribution is -0.139. The molecule has 2 unspecified atom stereocenters. The van der Waals surface area contributed by atoms with Crippen LogP contribution in [0.3, 0.4) is 0 Å². The highest BCUT2D eigenvalue weighted by atomic mass is 19.4. The van der Waals surface area contributed by atoms with Crippen LogP contribution in [0.4, 0.5) is 13.2 Å². The number of likely N-dealkylation sites (tertiary alicyclic amines) is 1. The quantitative estimate of drug-likeness (QED) is 0.796. The van der Waals surface area contributed by atoms with Crippen molar-refractivity contribution in [3.05, 3.63) is 59.9 Å². The Kier molecular flexibility index (Phi) is 6.74. The van der Waals surface area contributed by atoms with Crippen molar-refractivity contribution in [3.8, 4) is 5.75 Å². The molecular formula is C21H24F3N3O2. The van der Waals surface area contributed by atoms with Crippen molar-refractivity contribution in [1.29, 1.82) is 0 Å². The van der Waals surface area contributed by atoms with Crippen molar-refractivity contribution < 1.29 is 22.7 Å². The van der Waals surface area contributed by atoms with Crippen LogP contribution in [0.1, 0.15) is 24.6 Å². The summed E-state index contributed by atoms with van der Waals surface area (Å²) in [4.78, 5) is 18.8. The van der Waals surface area contributed by atoms with E-state index in [0.717, 1.165) is 37.8 Å². The predicted octanol–water partition coefficient (Wildman–Crippen LogP) is 3.51. The van der Waals surface area contributed by atoms with E-state index < -0.39 is 24.3 Å². The third kappa shape index (κ3) is 5.93. The van der Waals surface area contributed by atoms with Crippen LogP contribution in [0.5, 0.6) is 5.75 Å². The van der Waals surface area contributed by atoms with Gasteiger partial charge in [0.25, 0.3) is 5.91 Å². The molecule has 0 spiro atoms. The first-order chi connectivity index (χ1) is 13.8. The van der Waals surface area contributed by atoms with Crippen LogP contribution >= 0.6 is 0 Å². The van der Waals surface area contributed by atoms with Crippen LogP contribution in [0.25, 0.3) is 0 Å². The standard InChI is InChI=1S/C21H24F3N3O2/c1-15-12-27(13-16-6-4-5-10-25-16)11-9-18(15)26-20(28)14-29-19-8-3-2-7-17(19)21(22,23)24/h2-8,10,15,18H,9,11-14H2,1H3,(H,26,28). The fraction of sp³-hybridized carbons (Fsp3) is 0.429. The van der Waals surface area contributed by atoms with Gasteiger partial charge in [0.2, 0.25) is 0 Å². The van der Waals surface area contributed by atoms with Crippen molar-refractivity contribution in [2.75, 3.05) is 19.7 Å². The first-order valence-electron chi connectivity index (χ1n) is 9.53. The fourth-order valence-corrected chi connectivity index (χ4v) is 3.53. The van der Waals surface area contributed by atoms with Crippen LogP contribution in [0, 0.1) is 5.92 Å². The van der Waals surface area contributed by atoms with Gasteiger partial charge >= 0.3 is 6.18 Å². The minimum Gasteiger partial charge on any atom is -0.483 e. The summed E-state index contributed by atoms with van der Waals surface area (Å²) in [7, 11) is 0. The average molecular weight is 407 g/mol. The first-order valence-corrected chi connectivity index (χ1v) is 9.53. The average Bonchev–Trinajstić information content (AvgIpc) is 2.69. The molecule has 1 fully saturated rings. The Morgan fingerprint density at radius 3 is 2.69 bits per heavy atom. The predicted molar refractivity (Wildman–Crippen MR) is 102 cm³/mol. The van der Waals surface area contributed by atoms with E-state index in [9.17, 15) is 18.0 Å². The first kappa shape index (κ1) is 21.1. The van der Waals surface area contributed by atoms with Crippen LogP contribution in [0.15, 0.2) is 48.7 Å². The molecule has 156 valence electrons. The molecule has 1 N–H and O–H groups in total. The highest BCUT2D eigenvalue weighted by Gasteiger charge is 2.34. The summed E-state index contributed by atoms with van der Waals surface area (Å²) < 4.78 is 44.2. The molecule has 1 amide bonds. The van der Waals surface area contributed by atoms with E-state index in [1.807, 2.05) is 18.2 Å². The number of aromatic nitrogens is 1. The number of piperidine rings is 1. The number of ether oxygens (including phenoxy) is 1. The zero-order chi connectivity index (χ0) is 20.9. The second-order valence-corrected chi connectivity index (χ2v) is 7.28. The number of hydrogen-bond donors (Lipinski definition) is 1. The van der Waals surface area contributed by atoms with Crippen LogP contribution in [-0.2, 0) is 17.5 Å². The van der Waals surface area contributed by atoms with Crippen molar-refractivity contribution in [1.82, 2.24) is 15.2 Å². The molecule has 2 heterocycles. The Labute approximate surface area is 167 Å². The Hall–Kier alpha value is -2.61. The summed E-state index contributed by atoms with van der Waals surface area (Å²) in [6, 6.07) is 10.7. The number of rotatable bonds is 6. The Bertz CT molecular complexity index is 814. The number of benzene rings is 1. The molecule has 2 aromatic rings. The maximum atomic E-state index is 13.0. The Morgan fingerprint density at radius 1 is 1.24 bits per heavy atom. The molecule has 0 bridgehead atoms. The number of carbonyl (C=O) groups is 1. The van der Waals surface area contributed by atoms with Gasteiger partial charge in [-0.2, -0.15) is 13.2 Å². The lowest BCUT2D eigenvalue weighted by atomic mass is 9.93. The molecule has 29 heavy (non-hydrogen) atoms. The number of nitrogens with one attached hydrogen (secondary N) is 1. The van der Waals surface area contributed by atoms with E-state index in [1.165, 1.54) is 18.2 Å². The summed E-state index contributed by atoms with van der Waals surface area (Å²) in [5.41, 5.74) is 0.114. The third-order valence-electron chi connectivity index (χ3n) is 5.00. The SMILES string of the molecule is CC1CN(Cc2ccccn2)CCC1NC(=O)COc1ccccc1C(F)(F)F. The molecule has 1 saturated heterocycles. The Morgan fingerprint density at radius 2 is 2.00 bits per heavy atom. The lowest BCUT2D eigenvalue weighted by Crippen LogP contribution is -2.50. The van der Waals surface area contributed by atoms with Crippen LogP contribution in [0.2, 0.25) is 0 Å². The van der Waals surface area contributed by atoms with Crippen LogP contribution in [-0.4, -0.2) is 41.5 Å². The molecule has 8 heteroatoms. The second-order valence-electron chi connectivity index (χ2n) is 7.28. The number of amides is 1. The molecule has 5 nitrogen and oxygen atoms in total. The van der Waals surface area contributed by atoms with Crippen LogP contribution < -0.4 is 10.1 Å². The smallest absolute Gasteiger partial charge is 0.419 e. The van der Waals surface area contributed by atoms with E-state index in [1.54, 1.807) is 6.20 Å². The number of nitrogens with zero attached hydrogens (tertiary/aromatic N) is 2. The molecule has 2 atom stereocenters. The van der Waals surface area contributed by atoms with Gasteiger partial charge in [-0.1, -0.05) is 25.1 Å². The Balaban J connectivity index is 1.48. The van der Waals surface area contributed by atoms with Gasteiger partial charge in [-0.15, -0.1) is 0 Å². The van der Waals surface area contributed by atoms with Gasteiger partial charge in [0.1, 0.15) is 5.75 Å². The number of pyridine rings is 1. The normalized spacial score (nSPS) is 20.3. The summed E-state index contributed by atoms with van der Waals surface area (Å²) in [6.07, 6.45) is -2.00. The lowest BCUT2D eigenvalue weighted by Gasteiger charge is -2.37. The molecule has 3 rings (SSSR count). The van der Waals surface area contributed by atoms with Gasteiger partial charge in [0, 0.05) is 31.9 Å². The van der Waals surface area contributed by atoms with Crippen molar-refractivity contribution >= 4 is 5.91 Å². The van der Waals surface area contributed by atoms with E-state index in [2.05, 4.69) is 22.1 Å². The van der Waals surface area contributed by atoms with Crippen molar-refractivity contribution in [3.63, 3.8) is 0 Å². The molecule has 1 aliphatic heterocycles. The van der Waals surface area contributed by atoms with Gasteiger partial charge in [0.15, 0.2) is 6.61 Å². The number of para-hydroxylation sites is 1. The van der Waals surface area contributed by atoms with E-state index in [-0.39, 0.29) is 17.7 Å². The maximum Gasteiger partial charge on any atom is 0.419 e. The fourth-order valence-electron chi connectivity index (χ4n) is 3.53. The molecular weight excluding hydrogens is 383 g/mol. The number of alkyl halides is 3. The summed E-state index contributed by atoms with van der Waals surface area (Å²) in [5, 5.41) is 2.89. The summed E-state index contributed by atoms with van der Waals surface area (Å²) in [5.74, 6) is -0.552. The zero-order valence-corrected chi connectivity index (χ0v) is 16.2.